The van der Waals surface area contributed by atoms with E-state index >= 15 is 0 Å². The van der Waals surface area contributed by atoms with Crippen LogP contribution >= 0.6 is 11.6 Å². The smallest absolute Gasteiger partial charge is 0.180 e. The van der Waals surface area contributed by atoms with Crippen LogP contribution in [-0.4, -0.2) is 44.9 Å². The van der Waals surface area contributed by atoms with Crippen molar-refractivity contribution in [1.82, 2.24) is 19.8 Å². The van der Waals surface area contributed by atoms with Gasteiger partial charge in [-0.3, -0.25) is 9.80 Å². The second-order valence-electron chi connectivity index (χ2n) is 5.87. The third-order valence-electron chi connectivity index (χ3n) is 4.49. The van der Waals surface area contributed by atoms with Crippen LogP contribution in [0.1, 0.15) is 17.7 Å². The van der Waals surface area contributed by atoms with Crippen LogP contribution in [0.3, 0.4) is 0 Å². The van der Waals surface area contributed by atoms with Gasteiger partial charge in [0.2, 0.25) is 0 Å². The first-order valence-electron chi connectivity index (χ1n) is 7.23. The molecule has 4 heterocycles. The monoisotopic (exact) mass is 304 g/mol. The van der Waals surface area contributed by atoms with Gasteiger partial charge in [-0.05, 0) is 18.1 Å². The Kier molecular flexibility index (Phi) is 3.41. The minimum atomic E-state index is 0.556. The van der Waals surface area contributed by atoms with Crippen molar-refractivity contribution in [3.8, 4) is 0 Å². The fourth-order valence-corrected chi connectivity index (χ4v) is 3.59. The Labute approximate surface area is 128 Å². The Hall–Kier alpha value is -1.43. The summed E-state index contributed by atoms with van der Waals surface area (Å²) >= 11 is 5.83. The zero-order valence-corrected chi connectivity index (χ0v) is 12.4. The molecule has 0 radical (unpaired) electrons. The molecule has 2 fully saturated rings. The number of hydrogen-bond acceptors (Lipinski definition) is 5. The first kappa shape index (κ1) is 13.2. The van der Waals surface area contributed by atoms with Gasteiger partial charge >= 0.3 is 0 Å². The van der Waals surface area contributed by atoms with Gasteiger partial charge in [-0.15, -0.1) is 0 Å². The molecule has 0 saturated carbocycles. The first-order valence-corrected chi connectivity index (χ1v) is 7.61. The van der Waals surface area contributed by atoms with E-state index in [-0.39, 0.29) is 0 Å². The van der Waals surface area contributed by atoms with E-state index in [9.17, 15) is 0 Å². The number of halogens is 1. The molecule has 2 aromatic heterocycles. The van der Waals surface area contributed by atoms with Gasteiger partial charge < -0.3 is 4.42 Å². The SMILES string of the molecule is Clc1ccc(CN2CC3CC2CN3Cc2cocn2)cn1. The van der Waals surface area contributed by atoms with Gasteiger partial charge in [-0.25, -0.2) is 9.97 Å². The summed E-state index contributed by atoms with van der Waals surface area (Å²) in [5, 5.41) is 0.556. The van der Waals surface area contributed by atoms with Crippen molar-refractivity contribution in [2.75, 3.05) is 13.1 Å². The molecule has 0 amide bonds. The zero-order valence-electron chi connectivity index (χ0n) is 11.7. The molecule has 2 aliphatic rings. The van der Waals surface area contributed by atoms with Crippen molar-refractivity contribution in [3.05, 3.63) is 47.4 Å². The van der Waals surface area contributed by atoms with E-state index in [4.69, 9.17) is 16.0 Å². The quantitative estimate of drug-likeness (QED) is 0.810. The molecular weight excluding hydrogens is 288 g/mol. The molecular formula is C15H17ClN4O. The lowest BCUT2D eigenvalue weighted by atomic mass is 10.2. The number of hydrogen-bond donors (Lipinski definition) is 0. The molecule has 0 N–H and O–H groups in total. The molecule has 0 aliphatic carbocycles. The van der Waals surface area contributed by atoms with E-state index in [1.807, 2.05) is 12.3 Å². The lowest BCUT2D eigenvalue weighted by Gasteiger charge is -2.33. The van der Waals surface area contributed by atoms with Gasteiger partial charge in [0.25, 0.3) is 0 Å². The topological polar surface area (TPSA) is 45.4 Å². The van der Waals surface area contributed by atoms with Crippen molar-refractivity contribution in [3.63, 3.8) is 0 Å². The van der Waals surface area contributed by atoms with E-state index in [0.717, 1.165) is 31.9 Å². The standard InChI is InChI=1S/C15H17ClN4O/c16-15-2-1-11(4-17-15)5-19-7-14-3-13(19)8-20(14)6-12-9-21-10-18-12/h1-2,4,9-10,13-14H,3,5-8H2. The van der Waals surface area contributed by atoms with Crippen LogP contribution in [0.25, 0.3) is 0 Å². The fraction of sp³-hybridized carbons (Fsp3) is 0.467. The molecule has 2 saturated heterocycles. The van der Waals surface area contributed by atoms with Gasteiger partial charge in [-0.2, -0.15) is 0 Å². The van der Waals surface area contributed by atoms with Crippen molar-refractivity contribution >= 4 is 11.6 Å². The summed E-state index contributed by atoms with van der Waals surface area (Å²) < 4.78 is 5.05. The summed E-state index contributed by atoms with van der Waals surface area (Å²) in [5.74, 6) is 0. The van der Waals surface area contributed by atoms with Gasteiger partial charge in [-0.1, -0.05) is 17.7 Å². The van der Waals surface area contributed by atoms with Crippen molar-refractivity contribution in [1.29, 1.82) is 0 Å². The lowest BCUT2D eigenvalue weighted by molar-refractivity contribution is 0.117. The molecule has 5 nitrogen and oxygen atoms in total. The van der Waals surface area contributed by atoms with E-state index in [1.165, 1.54) is 18.4 Å². The highest BCUT2D eigenvalue weighted by Gasteiger charge is 2.42. The van der Waals surface area contributed by atoms with Crippen molar-refractivity contribution < 1.29 is 4.42 Å². The number of nitrogens with zero attached hydrogens (tertiary/aromatic N) is 4. The van der Waals surface area contributed by atoms with Crippen molar-refractivity contribution in [2.24, 2.45) is 0 Å². The van der Waals surface area contributed by atoms with Crippen molar-refractivity contribution in [2.45, 2.75) is 31.6 Å². The van der Waals surface area contributed by atoms with Gasteiger partial charge in [0.1, 0.15) is 11.4 Å². The van der Waals surface area contributed by atoms with Crippen LogP contribution in [0.15, 0.2) is 35.4 Å². The van der Waals surface area contributed by atoms with Gasteiger partial charge in [0.15, 0.2) is 6.39 Å². The number of pyridine rings is 1. The van der Waals surface area contributed by atoms with Gasteiger partial charge in [0.05, 0.1) is 5.69 Å². The van der Waals surface area contributed by atoms with Crippen LogP contribution in [0, 0.1) is 0 Å². The van der Waals surface area contributed by atoms with Gasteiger partial charge in [0, 0.05) is 44.5 Å². The van der Waals surface area contributed by atoms with Crippen LogP contribution in [0.4, 0.5) is 0 Å². The molecule has 2 aliphatic heterocycles. The van der Waals surface area contributed by atoms with E-state index < -0.39 is 0 Å². The molecule has 2 atom stereocenters. The largest absolute Gasteiger partial charge is 0.451 e. The molecule has 2 bridgehead atoms. The average Bonchev–Trinajstić information content (AvgIpc) is 3.19. The minimum absolute atomic E-state index is 0.556. The predicted octanol–water partition coefficient (Wildman–Crippen LogP) is 2.18. The fourth-order valence-electron chi connectivity index (χ4n) is 3.48. The van der Waals surface area contributed by atoms with Crippen LogP contribution in [0.5, 0.6) is 0 Å². The van der Waals surface area contributed by atoms with E-state index in [0.29, 0.717) is 17.2 Å². The summed E-state index contributed by atoms with van der Waals surface area (Å²) in [7, 11) is 0. The highest BCUT2D eigenvalue weighted by atomic mass is 35.5. The number of oxazole rings is 1. The zero-order chi connectivity index (χ0) is 14.2. The molecule has 2 unspecified atom stereocenters. The molecule has 110 valence electrons. The highest BCUT2D eigenvalue weighted by Crippen LogP contribution is 2.32. The Bertz CT molecular complexity index is 601. The molecule has 6 heteroatoms. The minimum Gasteiger partial charge on any atom is -0.451 e. The molecule has 0 aromatic carbocycles. The van der Waals surface area contributed by atoms with E-state index in [2.05, 4.69) is 25.8 Å². The Morgan fingerprint density at radius 3 is 2.57 bits per heavy atom. The Morgan fingerprint density at radius 1 is 1.14 bits per heavy atom. The lowest BCUT2D eigenvalue weighted by Crippen LogP contribution is -2.45. The number of fused-ring (bicyclic) bond motifs is 2. The summed E-state index contributed by atoms with van der Waals surface area (Å²) in [6.07, 6.45) is 6.37. The third-order valence-corrected chi connectivity index (χ3v) is 4.71. The Morgan fingerprint density at radius 2 is 1.95 bits per heavy atom. The maximum atomic E-state index is 5.83. The van der Waals surface area contributed by atoms with E-state index in [1.54, 1.807) is 6.26 Å². The maximum Gasteiger partial charge on any atom is 0.180 e. The third kappa shape index (κ3) is 2.69. The normalized spacial score (nSPS) is 25.8. The molecule has 0 spiro atoms. The summed E-state index contributed by atoms with van der Waals surface area (Å²) in [6, 6.07) is 5.20. The highest BCUT2D eigenvalue weighted by molar-refractivity contribution is 6.29. The molecule has 21 heavy (non-hydrogen) atoms. The van der Waals surface area contributed by atoms with Crippen LogP contribution in [0.2, 0.25) is 5.15 Å². The second-order valence-corrected chi connectivity index (χ2v) is 6.26. The van der Waals surface area contributed by atoms with Crippen LogP contribution < -0.4 is 0 Å². The average molecular weight is 305 g/mol. The Balaban J connectivity index is 1.37. The molecule has 4 rings (SSSR count). The summed E-state index contributed by atoms with van der Waals surface area (Å²) in [4.78, 5) is 13.4. The summed E-state index contributed by atoms with van der Waals surface area (Å²) in [5.41, 5.74) is 2.26. The van der Waals surface area contributed by atoms with Crippen LogP contribution in [-0.2, 0) is 13.1 Å². The summed E-state index contributed by atoms with van der Waals surface area (Å²) in [6.45, 7) is 4.08. The molecule has 2 aromatic rings. The maximum absolute atomic E-state index is 5.83. The number of rotatable bonds is 4. The first-order chi connectivity index (χ1) is 10.3. The predicted molar refractivity (Wildman–Crippen MR) is 78.8 cm³/mol. The number of piperazine rings is 1. The second kappa shape index (κ2) is 5.40. The number of likely N-dealkylation sites (tertiary alicyclic amines) is 2. The number of aromatic nitrogens is 2.